The SMILES string of the molecule is CCCCCC[C@H]1CCC[C@@H]([C@@H]2CC[C@H]([C@H]3CC[C@H]([C@H](O)CCCCCCCCCCCCC4=C[C@H](C)OC4=O)O3)O2)O1. The van der Waals surface area contributed by atoms with Crippen LogP contribution in [0.15, 0.2) is 11.6 Å². The van der Waals surface area contributed by atoms with Crippen LogP contribution in [-0.2, 0) is 23.7 Å². The average molecular weight is 605 g/mol. The third-order valence-corrected chi connectivity index (χ3v) is 10.4. The molecule has 0 spiro atoms. The van der Waals surface area contributed by atoms with Crippen molar-refractivity contribution in [2.75, 3.05) is 0 Å². The maximum absolute atomic E-state index is 11.6. The Morgan fingerprint density at radius 3 is 2.00 bits per heavy atom. The van der Waals surface area contributed by atoms with Gasteiger partial charge in [0.25, 0.3) is 0 Å². The van der Waals surface area contributed by atoms with Crippen LogP contribution < -0.4 is 0 Å². The van der Waals surface area contributed by atoms with E-state index in [-0.39, 0.29) is 48.7 Å². The number of hydrogen-bond acceptors (Lipinski definition) is 6. The minimum Gasteiger partial charge on any atom is -0.455 e. The smallest absolute Gasteiger partial charge is 0.334 e. The van der Waals surface area contributed by atoms with Crippen LogP contribution in [0.4, 0.5) is 0 Å². The first kappa shape index (κ1) is 34.9. The fourth-order valence-corrected chi connectivity index (χ4v) is 7.78. The van der Waals surface area contributed by atoms with E-state index >= 15 is 0 Å². The van der Waals surface area contributed by atoms with Gasteiger partial charge in [-0.3, -0.25) is 0 Å². The number of rotatable bonds is 21. The summed E-state index contributed by atoms with van der Waals surface area (Å²) >= 11 is 0. The van der Waals surface area contributed by atoms with Gasteiger partial charge in [-0.25, -0.2) is 4.79 Å². The van der Waals surface area contributed by atoms with Gasteiger partial charge in [0, 0.05) is 5.57 Å². The van der Waals surface area contributed by atoms with Crippen molar-refractivity contribution in [1.29, 1.82) is 0 Å². The lowest BCUT2D eigenvalue weighted by Gasteiger charge is -2.34. The van der Waals surface area contributed by atoms with E-state index in [4.69, 9.17) is 18.9 Å². The summed E-state index contributed by atoms with van der Waals surface area (Å²) in [4.78, 5) is 11.6. The number of cyclic esters (lactones) is 1. The second kappa shape index (κ2) is 19.5. The number of unbranched alkanes of at least 4 members (excludes halogenated alkanes) is 12. The number of carbonyl (C=O) groups excluding carboxylic acids is 1. The lowest BCUT2D eigenvalue weighted by atomic mass is 9.96. The number of carbonyl (C=O) groups is 1. The molecule has 4 aliphatic heterocycles. The highest BCUT2D eigenvalue weighted by Crippen LogP contribution is 2.37. The fourth-order valence-electron chi connectivity index (χ4n) is 7.78. The van der Waals surface area contributed by atoms with Crippen LogP contribution in [0.3, 0.4) is 0 Å². The standard InChI is InChI=1S/C37H64O6/c1-3-4-5-15-19-30-20-17-22-33(41-30)34-25-26-36(43-34)35-24-23-32(42-35)31(38)21-16-13-11-9-7-6-8-10-12-14-18-29-27-28(2)40-37(29)39/h27-28,30-36,38H,3-26H2,1-2H3/t28-,30-,31+,32+,33-,34-,35+,36+/m0/s1. The summed E-state index contributed by atoms with van der Waals surface area (Å²) in [6.45, 7) is 4.19. The zero-order valence-electron chi connectivity index (χ0n) is 27.7. The molecule has 4 heterocycles. The molecule has 248 valence electrons. The molecule has 0 amide bonds. The molecule has 8 atom stereocenters. The predicted molar refractivity (Wildman–Crippen MR) is 172 cm³/mol. The van der Waals surface area contributed by atoms with Gasteiger partial charge in [0.1, 0.15) is 6.10 Å². The van der Waals surface area contributed by atoms with Crippen LogP contribution in [0.25, 0.3) is 0 Å². The molecular formula is C37H64O6. The zero-order valence-corrected chi connectivity index (χ0v) is 27.7. The molecule has 0 saturated carbocycles. The van der Waals surface area contributed by atoms with Crippen LogP contribution in [-0.4, -0.2) is 59.9 Å². The Kier molecular flexibility index (Phi) is 15.9. The molecule has 6 heteroatoms. The summed E-state index contributed by atoms with van der Waals surface area (Å²) < 4.78 is 24.6. The molecule has 6 nitrogen and oxygen atoms in total. The van der Waals surface area contributed by atoms with E-state index in [2.05, 4.69) is 6.92 Å². The Hall–Kier alpha value is -0.950. The summed E-state index contributed by atoms with van der Waals surface area (Å²) in [6, 6.07) is 0. The number of esters is 1. The lowest BCUT2D eigenvalue weighted by molar-refractivity contribution is -0.145. The predicted octanol–water partition coefficient (Wildman–Crippen LogP) is 8.90. The van der Waals surface area contributed by atoms with Crippen LogP contribution in [0.5, 0.6) is 0 Å². The fraction of sp³-hybridized carbons (Fsp3) is 0.919. The molecule has 3 saturated heterocycles. The van der Waals surface area contributed by atoms with E-state index in [0.717, 1.165) is 63.4 Å². The van der Waals surface area contributed by atoms with E-state index in [1.807, 2.05) is 13.0 Å². The minimum absolute atomic E-state index is 0.0231. The van der Waals surface area contributed by atoms with Crippen LogP contribution in [0.1, 0.15) is 168 Å². The Morgan fingerprint density at radius 2 is 1.33 bits per heavy atom. The van der Waals surface area contributed by atoms with Crippen molar-refractivity contribution in [1.82, 2.24) is 0 Å². The lowest BCUT2D eigenvalue weighted by Crippen LogP contribution is -2.38. The normalized spacial score (nSPS) is 31.8. The first-order valence-electron chi connectivity index (χ1n) is 18.6. The molecule has 0 radical (unpaired) electrons. The largest absolute Gasteiger partial charge is 0.455 e. The van der Waals surface area contributed by atoms with Crippen molar-refractivity contribution in [2.45, 2.75) is 217 Å². The Labute approximate surface area is 263 Å². The molecule has 0 aliphatic carbocycles. The van der Waals surface area contributed by atoms with Gasteiger partial charge >= 0.3 is 5.97 Å². The monoisotopic (exact) mass is 604 g/mol. The average Bonchev–Trinajstić information content (AvgIpc) is 3.76. The van der Waals surface area contributed by atoms with Crippen molar-refractivity contribution >= 4 is 5.97 Å². The molecule has 3 fully saturated rings. The van der Waals surface area contributed by atoms with Gasteiger partial charge in [0.2, 0.25) is 0 Å². The molecule has 0 bridgehead atoms. The summed E-state index contributed by atoms with van der Waals surface area (Å²) in [6.07, 6.45) is 30.9. The van der Waals surface area contributed by atoms with E-state index in [0.29, 0.717) is 6.10 Å². The third-order valence-electron chi connectivity index (χ3n) is 10.4. The molecule has 1 N–H and O–H groups in total. The van der Waals surface area contributed by atoms with E-state index in [1.54, 1.807) is 0 Å². The Bertz CT molecular complexity index is 813. The van der Waals surface area contributed by atoms with Crippen molar-refractivity contribution in [3.63, 3.8) is 0 Å². The van der Waals surface area contributed by atoms with Crippen molar-refractivity contribution in [3.05, 3.63) is 11.6 Å². The molecule has 0 aromatic carbocycles. The quantitative estimate of drug-likeness (QED) is 0.104. The molecular weight excluding hydrogens is 540 g/mol. The topological polar surface area (TPSA) is 74.2 Å². The van der Waals surface area contributed by atoms with Crippen molar-refractivity contribution in [2.24, 2.45) is 0 Å². The maximum atomic E-state index is 11.6. The number of aliphatic hydroxyl groups is 1. The molecule has 0 unspecified atom stereocenters. The van der Waals surface area contributed by atoms with Crippen molar-refractivity contribution in [3.8, 4) is 0 Å². The highest BCUT2D eigenvalue weighted by molar-refractivity contribution is 5.90. The summed E-state index contributed by atoms with van der Waals surface area (Å²) in [7, 11) is 0. The second-order valence-corrected chi connectivity index (χ2v) is 14.1. The van der Waals surface area contributed by atoms with Crippen molar-refractivity contribution < 1.29 is 28.8 Å². The van der Waals surface area contributed by atoms with E-state index in [1.165, 1.54) is 96.3 Å². The highest BCUT2D eigenvalue weighted by atomic mass is 16.6. The molecule has 4 aliphatic rings. The molecule has 0 aromatic heterocycles. The Morgan fingerprint density at radius 1 is 0.721 bits per heavy atom. The van der Waals surface area contributed by atoms with Gasteiger partial charge in [-0.15, -0.1) is 0 Å². The maximum Gasteiger partial charge on any atom is 0.334 e. The van der Waals surface area contributed by atoms with Gasteiger partial charge in [0.15, 0.2) is 0 Å². The molecule has 43 heavy (non-hydrogen) atoms. The number of hydrogen-bond donors (Lipinski definition) is 1. The minimum atomic E-state index is -0.345. The summed E-state index contributed by atoms with van der Waals surface area (Å²) in [5.74, 6) is -0.113. The molecule has 4 rings (SSSR count). The summed E-state index contributed by atoms with van der Waals surface area (Å²) in [5.41, 5.74) is 0.875. The van der Waals surface area contributed by atoms with E-state index < -0.39 is 0 Å². The van der Waals surface area contributed by atoms with Gasteiger partial charge in [-0.1, -0.05) is 90.4 Å². The zero-order chi connectivity index (χ0) is 30.3. The van der Waals surface area contributed by atoms with Crippen LogP contribution in [0.2, 0.25) is 0 Å². The summed E-state index contributed by atoms with van der Waals surface area (Å²) in [5, 5.41) is 10.8. The highest BCUT2D eigenvalue weighted by Gasteiger charge is 2.42. The van der Waals surface area contributed by atoms with Gasteiger partial charge < -0.3 is 24.1 Å². The van der Waals surface area contributed by atoms with E-state index in [9.17, 15) is 9.90 Å². The van der Waals surface area contributed by atoms with Gasteiger partial charge in [-0.05, 0) is 83.6 Å². The van der Waals surface area contributed by atoms with Gasteiger partial charge in [0.05, 0.1) is 42.7 Å². The first-order chi connectivity index (χ1) is 21.0. The number of aliphatic hydroxyl groups excluding tert-OH is 1. The Balaban J connectivity index is 0.972. The van der Waals surface area contributed by atoms with Crippen LogP contribution in [0, 0.1) is 0 Å². The number of ether oxygens (including phenoxy) is 4. The third kappa shape index (κ3) is 12.1. The first-order valence-corrected chi connectivity index (χ1v) is 18.6. The van der Waals surface area contributed by atoms with Gasteiger partial charge in [-0.2, -0.15) is 0 Å². The second-order valence-electron chi connectivity index (χ2n) is 14.1. The van der Waals surface area contributed by atoms with Crippen LogP contribution >= 0.6 is 0 Å². The molecule has 0 aromatic rings.